The van der Waals surface area contributed by atoms with Crippen LogP contribution in [0.2, 0.25) is 0 Å². The maximum atomic E-state index is 4.71. The van der Waals surface area contributed by atoms with Crippen LogP contribution >= 0.6 is 0 Å². The van der Waals surface area contributed by atoms with Crippen LogP contribution in [-0.2, 0) is 0 Å². The molecule has 0 unspecified atom stereocenters. The fourth-order valence-electron chi connectivity index (χ4n) is 2.41. The minimum atomic E-state index is 0.856. The summed E-state index contributed by atoms with van der Waals surface area (Å²) in [6, 6.07) is 0. The van der Waals surface area contributed by atoms with Crippen LogP contribution in [0.3, 0.4) is 0 Å². The summed E-state index contributed by atoms with van der Waals surface area (Å²) in [5.41, 5.74) is 2.46. The Morgan fingerprint density at radius 2 is 2.11 bits per heavy atom. The van der Waals surface area contributed by atoms with Crippen molar-refractivity contribution in [2.24, 2.45) is 10.1 Å². The molecule has 1 saturated heterocycles. The molecule has 2 aliphatic heterocycles. The third kappa shape index (κ3) is 2.18. The molecule has 0 aromatic carbocycles. The van der Waals surface area contributed by atoms with E-state index in [1.807, 2.05) is 32.1 Å². The van der Waals surface area contributed by atoms with E-state index < -0.39 is 0 Å². The van der Waals surface area contributed by atoms with Gasteiger partial charge in [-0.15, -0.1) is 0 Å². The Balaban J connectivity index is 2.54. The summed E-state index contributed by atoms with van der Waals surface area (Å²) in [7, 11) is 4.07. The quantitative estimate of drug-likeness (QED) is 0.750. The van der Waals surface area contributed by atoms with E-state index in [0.29, 0.717) is 0 Å². The highest BCUT2D eigenvalue weighted by atomic mass is 15.5. The molecule has 2 rings (SSSR count). The van der Waals surface area contributed by atoms with Gasteiger partial charge in [0.2, 0.25) is 0 Å². The molecule has 0 aromatic heterocycles. The Bertz CT molecular complexity index is 431. The molecule has 0 spiro atoms. The highest BCUT2D eigenvalue weighted by molar-refractivity contribution is 6.02. The first kappa shape index (κ1) is 12.8. The van der Waals surface area contributed by atoms with Crippen molar-refractivity contribution in [1.82, 2.24) is 15.2 Å². The molecule has 5 nitrogen and oxygen atoms in total. The highest BCUT2D eigenvalue weighted by Gasteiger charge is 2.28. The van der Waals surface area contributed by atoms with Crippen molar-refractivity contribution in [1.29, 1.82) is 0 Å². The maximum absolute atomic E-state index is 4.71. The Kier molecular flexibility index (Phi) is 3.81. The number of hydrazone groups is 1. The summed E-state index contributed by atoms with van der Waals surface area (Å²) in [6.45, 7) is 7.62. The number of nitrogens with zero attached hydrogens (tertiary/aromatic N) is 4. The SMILES string of the molecule is C=NN1C(N(C)C)=C2CCNCCC2=N/C1=C/C. The van der Waals surface area contributed by atoms with Crippen LogP contribution in [0, 0.1) is 0 Å². The van der Waals surface area contributed by atoms with Gasteiger partial charge in [-0.1, -0.05) is 0 Å². The molecular formula is C13H21N5. The zero-order valence-corrected chi connectivity index (χ0v) is 11.4. The van der Waals surface area contributed by atoms with Gasteiger partial charge in [-0.25, -0.2) is 4.99 Å². The lowest BCUT2D eigenvalue weighted by molar-refractivity contribution is 0.308. The molecule has 1 N–H and O–H groups in total. The van der Waals surface area contributed by atoms with Gasteiger partial charge in [-0.2, -0.15) is 10.1 Å². The van der Waals surface area contributed by atoms with E-state index in [0.717, 1.165) is 37.6 Å². The van der Waals surface area contributed by atoms with Crippen molar-refractivity contribution in [3.05, 3.63) is 23.3 Å². The molecule has 0 atom stereocenters. The minimum Gasteiger partial charge on any atom is -0.362 e. The first-order valence-corrected chi connectivity index (χ1v) is 6.31. The molecule has 0 amide bonds. The summed E-state index contributed by atoms with van der Waals surface area (Å²) < 4.78 is 0. The summed E-state index contributed by atoms with van der Waals surface area (Å²) in [4.78, 5) is 6.80. The lowest BCUT2D eigenvalue weighted by Gasteiger charge is -2.33. The average molecular weight is 247 g/mol. The van der Waals surface area contributed by atoms with E-state index in [4.69, 9.17) is 4.99 Å². The lowest BCUT2D eigenvalue weighted by atomic mass is 10.0. The molecule has 0 aromatic rings. The monoisotopic (exact) mass is 247 g/mol. The third-order valence-corrected chi connectivity index (χ3v) is 3.20. The second kappa shape index (κ2) is 5.35. The molecular weight excluding hydrogens is 226 g/mol. The smallest absolute Gasteiger partial charge is 0.151 e. The number of allylic oxidation sites excluding steroid dienone is 1. The van der Waals surface area contributed by atoms with E-state index in [9.17, 15) is 0 Å². The van der Waals surface area contributed by atoms with E-state index in [1.165, 1.54) is 11.3 Å². The van der Waals surface area contributed by atoms with Gasteiger partial charge in [0, 0.05) is 39.4 Å². The van der Waals surface area contributed by atoms with Gasteiger partial charge in [0.15, 0.2) is 5.82 Å². The summed E-state index contributed by atoms with van der Waals surface area (Å²) >= 11 is 0. The van der Waals surface area contributed by atoms with Crippen LogP contribution < -0.4 is 5.32 Å². The van der Waals surface area contributed by atoms with Gasteiger partial charge in [-0.3, -0.25) is 0 Å². The lowest BCUT2D eigenvalue weighted by Crippen LogP contribution is -2.33. The number of hydrogen-bond donors (Lipinski definition) is 1. The molecule has 0 aliphatic carbocycles. The number of fused-ring (bicyclic) bond motifs is 1. The van der Waals surface area contributed by atoms with E-state index >= 15 is 0 Å². The Hall–Kier alpha value is -1.62. The maximum Gasteiger partial charge on any atom is 0.151 e. The molecule has 0 saturated carbocycles. The summed E-state index contributed by atoms with van der Waals surface area (Å²) in [5.74, 6) is 1.95. The standard InChI is InChI=1S/C13H21N5/c1-5-12-16-11-7-9-15-8-6-10(11)13(17(3)4)18(12)14-2/h5,15H,2,6-9H2,1,3-4H3/b12-5-. The molecule has 0 radical (unpaired) electrons. The zero-order valence-electron chi connectivity index (χ0n) is 11.4. The molecule has 2 aliphatic rings. The Labute approximate surface area is 109 Å². The van der Waals surface area contributed by atoms with Gasteiger partial charge in [0.1, 0.15) is 5.82 Å². The van der Waals surface area contributed by atoms with Crippen LogP contribution in [0.4, 0.5) is 0 Å². The molecule has 18 heavy (non-hydrogen) atoms. The van der Waals surface area contributed by atoms with Crippen molar-refractivity contribution in [2.45, 2.75) is 19.8 Å². The number of rotatable bonds is 2. The van der Waals surface area contributed by atoms with Crippen LogP contribution in [-0.4, -0.2) is 49.5 Å². The zero-order chi connectivity index (χ0) is 13.1. The van der Waals surface area contributed by atoms with Crippen LogP contribution in [0.15, 0.2) is 33.4 Å². The fourth-order valence-corrected chi connectivity index (χ4v) is 2.41. The van der Waals surface area contributed by atoms with Gasteiger partial charge in [-0.05, 0) is 26.0 Å². The predicted molar refractivity (Wildman–Crippen MR) is 75.4 cm³/mol. The average Bonchev–Trinajstić information content (AvgIpc) is 2.60. The Morgan fingerprint density at radius 3 is 2.72 bits per heavy atom. The van der Waals surface area contributed by atoms with Crippen LogP contribution in [0.1, 0.15) is 19.8 Å². The third-order valence-electron chi connectivity index (χ3n) is 3.20. The van der Waals surface area contributed by atoms with E-state index in [1.54, 1.807) is 0 Å². The molecule has 0 bridgehead atoms. The van der Waals surface area contributed by atoms with Crippen molar-refractivity contribution in [3.63, 3.8) is 0 Å². The number of aliphatic imine (C=N–C) groups is 1. The number of hydrogen-bond acceptors (Lipinski definition) is 5. The van der Waals surface area contributed by atoms with Crippen LogP contribution in [0.25, 0.3) is 0 Å². The number of nitrogens with one attached hydrogen (secondary N) is 1. The fraction of sp³-hybridized carbons (Fsp3) is 0.538. The molecule has 98 valence electrons. The summed E-state index contributed by atoms with van der Waals surface area (Å²) in [5, 5.41) is 9.35. The van der Waals surface area contributed by atoms with Crippen molar-refractivity contribution in [3.8, 4) is 0 Å². The predicted octanol–water partition coefficient (Wildman–Crippen LogP) is 1.38. The van der Waals surface area contributed by atoms with Crippen molar-refractivity contribution < 1.29 is 0 Å². The van der Waals surface area contributed by atoms with Gasteiger partial charge in [0.05, 0.1) is 5.71 Å². The van der Waals surface area contributed by atoms with E-state index in [-0.39, 0.29) is 0 Å². The second-order valence-electron chi connectivity index (χ2n) is 4.61. The normalized spacial score (nSPS) is 22.5. The topological polar surface area (TPSA) is 43.2 Å². The Morgan fingerprint density at radius 1 is 1.39 bits per heavy atom. The van der Waals surface area contributed by atoms with Crippen molar-refractivity contribution >= 4 is 12.4 Å². The molecule has 5 heteroatoms. The van der Waals surface area contributed by atoms with Crippen molar-refractivity contribution in [2.75, 3.05) is 27.2 Å². The molecule has 2 heterocycles. The van der Waals surface area contributed by atoms with E-state index in [2.05, 4.69) is 22.0 Å². The minimum absolute atomic E-state index is 0.856. The van der Waals surface area contributed by atoms with Gasteiger partial charge in [0.25, 0.3) is 0 Å². The summed E-state index contributed by atoms with van der Waals surface area (Å²) in [6.07, 6.45) is 3.92. The first-order chi connectivity index (χ1) is 8.69. The van der Waals surface area contributed by atoms with Gasteiger partial charge >= 0.3 is 0 Å². The second-order valence-corrected chi connectivity index (χ2v) is 4.61. The molecule has 1 fully saturated rings. The largest absolute Gasteiger partial charge is 0.362 e. The first-order valence-electron chi connectivity index (χ1n) is 6.31. The highest BCUT2D eigenvalue weighted by Crippen LogP contribution is 2.29. The van der Waals surface area contributed by atoms with Crippen LogP contribution in [0.5, 0.6) is 0 Å². The van der Waals surface area contributed by atoms with Gasteiger partial charge < -0.3 is 10.2 Å².